The largest absolute Gasteiger partial charge is 0.396 e. The Labute approximate surface area is 262 Å². The van der Waals surface area contributed by atoms with Gasteiger partial charge in [-0.25, -0.2) is 0 Å². The minimum Gasteiger partial charge on any atom is -0.396 e. The van der Waals surface area contributed by atoms with Gasteiger partial charge in [0.2, 0.25) is 17.7 Å². The molecule has 0 radical (unpaired) electrons. The Kier molecular flexibility index (Phi) is 9.63. The number of carbonyl (C=O) groups is 3. The zero-order valence-electron chi connectivity index (χ0n) is 27.0. The van der Waals surface area contributed by atoms with Gasteiger partial charge in [-0.2, -0.15) is 0 Å². The smallest absolute Gasteiger partial charge is 0.247 e. The van der Waals surface area contributed by atoms with E-state index in [4.69, 9.17) is 0 Å². The molecule has 1 N–H and O–H groups in total. The molecule has 0 aromatic heterocycles. The van der Waals surface area contributed by atoms with Crippen LogP contribution in [-0.2, 0) is 14.4 Å². The zero-order chi connectivity index (χ0) is 31.8. The van der Waals surface area contributed by atoms with Gasteiger partial charge in [0.1, 0.15) is 6.04 Å². The molecule has 0 aliphatic carbocycles. The van der Waals surface area contributed by atoms with E-state index >= 15 is 0 Å². The number of amides is 3. The first-order valence-corrected chi connectivity index (χ1v) is 16.5. The molecular formula is C35H51N3O4S. The van der Waals surface area contributed by atoms with Gasteiger partial charge < -0.3 is 19.8 Å². The van der Waals surface area contributed by atoms with Crippen LogP contribution in [0.3, 0.4) is 0 Å². The Morgan fingerprint density at radius 2 is 1.70 bits per heavy atom. The number of hydrogen-bond acceptors (Lipinski definition) is 5. The molecule has 5 atom stereocenters. The van der Waals surface area contributed by atoms with E-state index in [1.54, 1.807) is 33.7 Å². The summed E-state index contributed by atoms with van der Waals surface area (Å²) in [5.74, 6) is -1.42. The molecule has 1 spiro atoms. The Morgan fingerprint density at radius 1 is 1.05 bits per heavy atom. The second-order valence-electron chi connectivity index (χ2n) is 14.6. The normalized spacial score (nSPS) is 28.1. The van der Waals surface area contributed by atoms with E-state index in [-0.39, 0.29) is 29.7 Å². The van der Waals surface area contributed by atoms with Gasteiger partial charge in [-0.3, -0.25) is 14.4 Å². The number of aliphatic hydroxyl groups excluding tert-OH is 1. The molecule has 1 aromatic rings. The lowest BCUT2D eigenvalue weighted by molar-refractivity contribution is -0.146. The summed E-state index contributed by atoms with van der Waals surface area (Å²) in [5.41, 5.74) is 0.275. The van der Waals surface area contributed by atoms with Crippen molar-refractivity contribution in [3.05, 3.63) is 55.6 Å². The van der Waals surface area contributed by atoms with Crippen LogP contribution in [0, 0.1) is 17.3 Å². The SMILES string of the molecule is C=CCN(C(=O)[C@@H]1[C@H]2C(=O)N(CCCCO)C(C(=O)N(CC=C)C(C)(C)CC(C)(C)C)C23CC[C@@]1(C)S3)c1ccccc1. The number of nitrogens with zero attached hydrogens (tertiary/aromatic N) is 3. The molecule has 3 amide bonds. The van der Waals surface area contributed by atoms with Crippen molar-refractivity contribution in [1.29, 1.82) is 0 Å². The lowest BCUT2D eigenvalue weighted by atomic mass is 9.66. The summed E-state index contributed by atoms with van der Waals surface area (Å²) in [7, 11) is 0. The van der Waals surface area contributed by atoms with E-state index < -0.39 is 32.9 Å². The van der Waals surface area contributed by atoms with E-state index in [9.17, 15) is 19.5 Å². The highest BCUT2D eigenvalue weighted by Crippen LogP contribution is 2.71. The average Bonchev–Trinajstić information content (AvgIpc) is 3.49. The average molecular weight is 610 g/mol. The second kappa shape index (κ2) is 12.4. The Bertz CT molecular complexity index is 1230. The maximum absolute atomic E-state index is 14.9. The number of likely N-dealkylation sites (tertiary alicyclic amines) is 1. The van der Waals surface area contributed by atoms with Gasteiger partial charge in [-0.1, -0.05) is 51.1 Å². The molecule has 2 bridgehead atoms. The molecule has 2 unspecified atom stereocenters. The fourth-order valence-electron chi connectivity index (χ4n) is 8.25. The number of rotatable bonds is 13. The number of para-hydroxylation sites is 1. The molecule has 7 nitrogen and oxygen atoms in total. The fourth-order valence-corrected chi connectivity index (χ4v) is 10.6. The molecule has 3 aliphatic rings. The van der Waals surface area contributed by atoms with Crippen molar-refractivity contribution in [2.75, 3.05) is 31.1 Å². The van der Waals surface area contributed by atoms with Crippen LogP contribution >= 0.6 is 11.8 Å². The highest BCUT2D eigenvalue weighted by atomic mass is 32.2. The van der Waals surface area contributed by atoms with Crippen LogP contribution in [0.5, 0.6) is 0 Å². The lowest BCUT2D eigenvalue weighted by Crippen LogP contribution is -2.60. The van der Waals surface area contributed by atoms with Crippen LogP contribution in [0.15, 0.2) is 55.6 Å². The molecule has 8 heteroatoms. The summed E-state index contributed by atoms with van der Waals surface area (Å²) < 4.78 is -1.16. The van der Waals surface area contributed by atoms with Crippen molar-refractivity contribution in [2.45, 2.75) is 94.7 Å². The highest BCUT2D eigenvalue weighted by molar-refractivity contribution is 8.02. The molecule has 3 saturated heterocycles. The van der Waals surface area contributed by atoms with Gasteiger partial charge in [0.05, 0.1) is 16.6 Å². The van der Waals surface area contributed by atoms with Gasteiger partial charge in [-0.15, -0.1) is 24.9 Å². The summed E-state index contributed by atoms with van der Waals surface area (Å²) in [6.07, 6.45) is 6.87. The third-order valence-corrected chi connectivity index (χ3v) is 11.5. The molecule has 43 heavy (non-hydrogen) atoms. The second-order valence-corrected chi connectivity index (χ2v) is 16.4. The predicted octanol–water partition coefficient (Wildman–Crippen LogP) is 5.69. The minimum atomic E-state index is -0.698. The maximum atomic E-state index is 14.9. The van der Waals surface area contributed by atoms with Gasteiger partial charge in [0.15, 0.2) is 0 Å². The van der Waals surface area contributed by atoms with Crippen LogP contribution in [-0.4, -0.2) is 79.9 Å². The molecule has 236 valence electrons. The number of aliphatic hydroxyl groups is 1. The summed E-state index contributed by atoms with van der Waals surface area (Å²) in [6, 6.07) is 8.87. The maximum Gasteiger partial charge on any atom is 0.247 e. The van der Waals surface area contributed by atoms with E-state index in [1.165, 1.54) is 0 Å². The van der Waals surface area contributed by atoms with Crippen LogP contribution in [0.4, 0.5) is 5.69 Å². The van der Waals surface area contributed by atoms with E-state index in [1.807, 2.05) is 35.2 Å². The number of hydrogen-bond donors (Lipinski definition) is 1. The number of benzene rings is 1. The molecule has 3 fully saturated rings. The molecule has 3 aliphatic heterocycles. The van der Waals surface area contributed by atoms with Gasteiger partial charge in [-0.05, 0) is 70.4 Å². The quantitative estimate of drug-likeness (QED) is 0.230. The van der Waals surface area contributed by atoms with Crippen molar-refractivity contribution in [3.63, 3.8) is 0 Å². The van der Waals surface area contributed by atoms with Crippen molar-refractivity contribution >= 4 is 35.2 Å². The summed E-state index contributed by atoms with van der Waals surface area (Å²) in [6.45, 7) is 21.8. The minimum absolute atomic E-state index is 0.0199. The Balaban J connectivity index is 1.80. The van der Waals surface area contributed by atoms with Crippen LogP contribution < -0.4 is 4.90 Å². The monoisotopic (exact) mass is 609 g/mol. The fraction of sp³-hybridized carbons (Fsp3) is 0.629. The van der Waals surface area contributed by atoms with Crippen LogP contribution in [0.25, 0.3) is 0 Å². The third-order valence-electron chi connectivity index (χ3n) is 9.50. The Hall–Kier alpha value is -2.58. The van der Waals surface area contributed by atoms with E-state index in [2.05, 4.69) is 54.7 Å². The first-order valence-electron chi connectivity index (χ1n) is 15.7. The number of thioether (sulfide) groups is 1. The van der Waals surface area contributed by atoms with Crippen molar-refractivity contribution in [2.24, 2.45) is 17.3 Å². The summed E-state index contributed by atoms with van der Waals surface area (Å²) >= 11 is 1.70. The lowest BCUT2D eigenvalue weighted by Gasteiger charge is -2.46. The first kappa shape index (κ1) is 33.3. The molecule has 3 heterocycles. The van der Waals surface area contributed by atoms with Crippen LogP contribution in [0.2, 0.25) is 0 Å². The van der Waals surface area contributed by atoms with Crippen molar-refractivity contribution < 1.29 is 19.5 Å². The Morgan fingerprint density at radius 3 is 2.28 bits per heavy atom. The summed E-state index contributed by atoms with van der Waals surface area (Å²) in [5, 5.41) is 9.54. The molecule has 0 saturated carbocycles. The highest BCUT2D eigenvalue weighted by Gasteiger charge is 2.77. The molecular weight excluding hydrogens is 558 g/mol. The van der Waals surface area contributed by atoms with Crippen molar-refractivity contribution in [1.82, 2.24) is 9.80 Å². The van der Waals surface area contributed by atoms with Gasteiger partial charge in [0.25, 0.3) is 0 Å². The third kappa shape index (κ3) is 6.06. The molecule has 1 aromatic carbocycles. The zero-order valence-corrected chi connectivity index (χ0v) is 27.8. The molecule has 4 rings (SSSR count). The van der Waals surface area contributed by atoms with E-state index in [0.717, 1.165) is 18.5 Å². The van der Waals surface area contributed by atoms with E-state index in [0.29, 0.717) is 38.9 Å². The van der Waals surface area contributed by atoms with Crippen molar-refractivity contribution in [3.8, 4) is 0 Å². The number of unbranched alkanes of at least 4 members (excludes halogenated alkanes) is 1. The summed E-state index contributed by atoms with van der Waals surface area (Å²) in [4.78, 5) is 49.5. The predicted molar refractivity (Wildman–Crippen MR) is 176 cm³/mol. The standard InChI is InChI=1S/C35H51N3O4S/c1-9-20-36(25-16-12-11-13-17-25)29(40)26-27-30(41)37(22-14-15-23-39)28(35(27)19-18-34(26,8)43-35)31(42)38(21-10-2)33(6,7)24-32(3,4)5/h9-13,16-17,26-28,39H,1-2,14-15,18-24H2,3-8H3/t26-,27-,28?,34+,35?/m0/s1. The van der Waals surface area contributed by atoms with Gasteiger partial charge >= 0.3 is 0 Å². The van der Waals surface area contributed by atoms with Crippen LogP contribution in [0.1, 0.15) is 73.6 Å². The number of fused-ring (bicyclic) bond motifs is 1. The first-order chi connectivity index (χ1) is 20.2. The number of carbonyl (C=O) groups excluding carboxylic acids is 3. The van der Waals surface area contributed by atoms with Gasteiger partial charge in [0, 0.05) is 42.2 Å². The topological polar surface area (TPSA) is 81.2 Å². The number of anilines is 1.